The summed E-state index contributed by atoms with van der Waals surface area (Å²) in [6.45, 7) is 2.84. The van der Waals surface area contributed by atoms with Crippen LogP contribution in [0.15, 0.2) is 29.2 Å². The highest BCUT2D eigenvalue weighted by atomic mass is 32.2. The third kappa shape index (κ3) is 3.19. The van der Waals surface area contributed by atoms with Crippen molar-refractivity contribution in [1.29, 1.82) is 0 Å². The maximum Gasteiger partial charge on any atom is 0.223 e. The fourth-order valence-corrected chi connectivity index (χ4v) is 5.19. The Hall–Kier alpha value is -1.47. The summed E-state index contributed by atoms with van der Waals surface area (Å²) in [5, 5.41) is -0.843. The first kappa shape index (κ1) is 17.4. The van der Waals surface area contributed by atoms with Crippen LogP contribution in [0.2, 0.25) is 0 Å². The van der Waals surface area contributed by atoms with E-state index < -0.39 is 20.9 Å². The average Bonchev–Trinajstić information content (AvgIpc) is 3.10. The molecule has 0 aromatic heterocycles. The molecule has 1 aliphatic carbocycles. The number of carbonyl (C=O) groups excluding carboxylic acids is 1. The molecule has 3 rings (SSSR count). The number of amides is 1. The molecule has 4 unspecified atom stereocenters. The van der Waals surface area contributed by atoms with Crippen LogP contribution in [-0.2, 0) is 14.6 Å². The Labute approximate surface area is 141 Å². The summed E-state index contributed by atoms with van der Waals surface area (Å²) in [5.41, 5.74) is 6.08. The highest BCUT2D eigenvalue weighted by Gasteiger charge is 2.42. The molecule has 0 bridgehead atoms. The van der Waals surface area contributed by atoms with E-state index >= 15 is 0 Å². The molecule has 24 heavy (non-hydrogen) atoms. The van der Waals surface area contributed by atoms with Gasteiger partial charge in [0.25, 0.3) is 0 Å². The molecular weight excluding hydrogens is 331 g/mol. The van der Waals surface area contributed by atoms with Crippen molar-refractivity contribution in [2.24, 2.45) is 17.6 Å². The molecule has 0 spiro atoms. The summed E-state index contributed by atoms with van der Waals surface area (Å²) >= 11 is 0. The smallest absolute Gasteiger partial charge is 0.223 e. The van der Waals surface area contributed by atoms with E-state index in [1.165, 1.54) is 19.1 Å². The Bertz CT molecular complexity index is 720. The van der Waals surface area contributed by atoms with E-state index in [-0.39, 0.29) is 23.3 Å². The Balaban J connectivity index is 1.65. The zero-order chi connectivity index (χ0) is 17.5. The molecule has 7 heteroatoms. The summed E-state index contributed by atoms with van der Waals surface area (Å²) < 4.78 is 38.0. The predicted molar refractivity (Wildman–Crippen MR) is 88.4 cm³/mol. The number of hydrogen-bond acceptors (Lipinski definition) is 4. The SMILES string of the molecule is CC(CC(=O)N1CC2CCC(N)C2C1)S(=O)(=O)c1ccc(F)cc1. The minimum atomic E-state index is -3.65. The Morgan fingerprint density at radius 2 is 1.96 bits per heavy atom. The van der Waals surface area contributed by atoms with E-state index in [0.29, 0.717) is 24.9 Å². The molecular formula is C17H23FN2O3S. The van der Waals surface area contributed by atoms with Crippen molar-refractivity contribution < 1.29 is 17.6 Å². The molecule has 2 aliphatic rings. The van der Waals surface area contributed by atoms with Gasteiger partial charge in [-0.3, -0.25) is 4.79 Å². The molecule has 1 saturated carbocycles. The average molecular weight is 354 g/mol. The molecule has 1 aromatic carbocycles. The number of hydrogen-bond donors (Lipinski definition) is 1. The third-order valence-corrected chi connectivity index (χ3v) is 7.55. The van der Waals surface area contributed by atoms with Gasteiger partial charge in [0.05, 0.1) is 10.1 Å². The summed E-state index contributed by atoms with van der Waals surface area (Å²) in [4.78, 5) is 14.3. The van der Waals surface area contributed by atoms with Crippen molar-refractivity contribution in [3.05, 3.63) is 30.1 Å². The molecule has 1 aromatic rings. The van der Waals surface area contributed by atoms with Crippen molar-refractivity contribution >= 4 is 15.7 Å². The monoisotopic (exact) mass is 354 g/mol. The number of likely N-dealkylation sites (tertiary alicyclic amines) is 1. The van der Waals surface area contributed by atoms with Crippen LogP contribution in [0.5, 0.6) is 0 Å². The van der Waals surface area contributed by atoms with Crippen LogP contribution in [0, 0.1) is 17.7 Å². The first-order valence-corrected chi connectivity index (χ1v) is 9.86. The summed E-state index contributed by atoms with van der Waals surface area (Å²) in [6, 6.07) is 4.86. The number of carbonyl (C=O) groups is 1. The largest absolute Gasteiger partial charge is 0.342 e. The van der Waals surface area contributed by atoms with E-state index in [1.54, 1.807) is 4.90 Å². The van der Waals surface area contributed by atoms with Crippen LogP contribution >= 0.6 is 0 Å². The van der Waals surface area contributed by atoms with Crippen LogP contribution in [0.1, 0.15) is 26.2 Å². The molecule has 132 valence electrons. The number of benzene rings is 1. The van der Waals surface area contributed by atoms with Crippen molar-refractivity contribution in [3.8, 4) is 0 Å². The van der Waals surface area contributed by atoms with Gasteiger partial charge in [-0.15, -0.1) is 0 Å². The van der Waals surface area contributed by atoms with Crippen LogP contribution < -0.4 is 5.73 Å². The van der Waals surface area contributed by atoms with Crippen LogP contribution in [0.4, 0.5) is 4.39 Å². The number of halogens is 1. The summed E-state index contributed by atoms with van der Waals surface area (Å²) in [6.07, 6.45) is 1.99. The topological polar surface area (TPSA) is 80.5 Å². The zero-order valence-corrected chi connectivity index (χ0v) is 14.5. The second kappa shape index (κ2) is 6.44. The molecule has 2 fully saturated rings. The number of fused-ring (bicyclic) bond motifs is 1. The number of rotatable bonds is 4. The van der Waals surface area contributed by atoms with Crippen LogP contribution in [0.3, 0.4) is 0 Å². The van der Waals surface area contributed by atoms with Gasteiger partial charge in [-0.25, -0.2) is 12.8 Å². The van der Waals surface area contributed by atoms with E-state index in [9.17, 15) is 17.6 Å². The number of sulfone groups is 1. The van der Waals surface area contributed by atoms with E-state index in [1.807, 2.05) is 0 Å². The second-order valence-electron chi connectivity index (χ2n) is 6.98. The molecule has 5 nitrogen and oxygen atoms in total. The number of nitrogens with two attached hydrogens (primary N) is 1. The molecule has 1 heterocycles. The fraction of sp³-hybridized carbons (Fsp3) is 0.588. The van der Waals surface area contributed by atoms with Gasteiger partial charge < -0.3 is 10.6 Å². The lowest BCUT2D eigenvalue weighted by molar-refractivity contribution is -0.130. The quantitative estimate of drug-likeness (QED) is 0.833. The standard InChI is InChI=1S/C17H23FN2O3S/c1-11(24(22,23)14-5-3-13(18)4-6-14)8-17(21)20-9-12-2-7-16(19)15(12)10-20/h3-6,11-12,15-16H,2,7-10,19H2,1H3. The van der Waals surface area contributed by atoms with Gasteiger partial charge in [-0.1, -0.05) is 0 Å². The zero-order valence-electron chi connectivity index (χ0n) is 13.7. The predicted octanol–water partition coefficient (Wildman–Crippen LogP) is 1.57. The third-order valence-electron chi connectivity index (χ3n) is 5.40. The van der Waals surface area contributed by atoms with Gasteiger partial charge in [0.2, 0.25) is 5.91 Å². The normalized spacial score (nSPS) is 28.0. The molecule has 2 N–H and O–H groups in total. The van der Waals surface area contributed by atoms with Crippen LogP contribution in [-0.4, -0.2) is 43.6 Å². The van der Waals surface area contributed by atoms with E-state index in [2.05, 4.69) is 0 Å². The van der Waals surface area contributed by atoms with Crippen LogP contribution in [0.25, 0.3) is 0 Å². The minimum Gasteiger partial charge on any atom is -0.342 e. The highest BCUT2D eigenvalue weighted by molar-refractivity contribution is 7.92. The van der Waals surface area contributed by atoms with Gasteiger partial charge >= 0.3 is 0 Å². The second-order valence-corrected chi connectivity index (χ2v) is 9.34. The Morgan fingerprint density at radius 1 is 1.29 bits per heavy atom. The fourth-order valence-electron chi connectivity index (χ4n) is 3.85. The lowest BCUT2D eigenvalue weighted by Crippen LogP contribution is -2.35. The maximum absolute atomic E-state index is 13.0. The van der Waals surface area contributed by atoms with E-state index in [0.717, 1.165) is 25.0 Å². The first-order chi connectivity index (χ1) is 11.3. The number of nitrogens with zero attached hydrogens (tertiary/aromatic N) is 1. The van der Waals surface area contributed by atoms with Gasteiger partial charge in [-0.05, 0) is 55.9 Å². The first-order valence-electron chi connectivity index (χ1n) is 8.32. The Morgan fingerprint density at radius 3 is 2.58 bits per heavy atom. The molecule has 1 aliphatic heterocycles. The minimum absolute atomic E-state index is 0.0458. The maximum atomic E-state index is 13.0. The summed E-state index contributed by atoms with van der Waals surface area (Å²) in [7, 11) is -3.65. The van der Waals surface area contributed by atoms with Crippen molar-refractivity contribution in [2.45, 2.75) is 42.4 Å². The molecule has 1 amide bonds. The van der Waals surface area contributed by atoms with Crippen molar-refractivity contribution in [2.75, 3.05) is 13.1 Å². The van der Waals surface area contributed by atoms with Gasteiger partial charge in [0.15, 0.2) is 9.84 Å². The summed E-state index contributed by atoms with van der Waals surface area (Å²) in [5.74, 6) is 0.165. The van der Waals surface area contributed by atoms with Gasteiger partial charge in [-0.2, -0.15) is 0 Å². The van der Waals surface area contributed by atoms with Crippen molar-refractivity contribution in [3.63, 3.8) is 0 Å². The van der Waals surface area contributed by atoms with Gasteiger partial charge in [0, 0.05) is 25.6 Å². The lowest BCUT2D eigenvalue weighted by atomic mass is 9.98. The highest BCUT2D eigenvalue weighted by Crippen LogP contribution is 2.37. The van der Waals surface area contributed by atoms with Gasteiger partial charge in [0.1, 0.15) is 5.82 Å². The Kier molecular flexibility index (Phi) is 4.66. The van der Waals surface area contributed by atoms with E-state index in [4.69, 9.17) is 5.73 Å². The molecule has 0 radical (unpaired) electrons. The van der Waals surface area contributed by atoms with Crippen molar-refractivity contribution in [1.82, 2.24) is 4.90 Å². The lowest BCUT2D eigenvalue weighted by Gasteiger charge is -2.21. The molecule has 4 atom stereocenters. The molecule has 1 saturated heterocycles.